The SMILES string of the molecule is C[C@@H]([NH2+]CC(=O)Nc1sccc1C#N)c1ccc(Cl)cc1Cl. The van der Waals surface area contributed by atoms with Gasteiger partial charge >= 0.3 is 0 Å². The smallest absolute Gasteiger partial charge is 0.280 e. The molecule has 1 heterocycles. The van der Waals surface area contributed by atoms with E-state index in [-0.39, 0.29) is 18.5 Å². The van der Waals surface area contributed by atoms with E-state index < -0.39 is 0 Å². The number of rotatable bonds is 5. The molecule has 0 unspecified atom stereocenters. The Morgan fingerprint density at radius 3 is 2.91 bits per heavy atom. The molecule has 1 aromatic carbocycles. The highest BCUT2D eigenvalue weighted by Gasteiger charge is 2.16. The van der Waals surface area contributed by atoms with Crippen LogP contribution in [0.15, 0.2) is 29.6 Å². The van der Waals surface area contributed by atoms with Crippen LogP contribution in [0.5, 0.6) is 0 Å². The Balaban J connectivity index is 1.92. The summed E-state index contributed by atoms with van der Waals surface area (Å²) in [6.07, 6.45) is 0. The lowest BCUT2D eigenvalue weighted by atomic mass is 10.1. The van der Waals surface area contributed by atoms with Gasteiger partial charge in [-0.1, -0.05) is 29.3 Å². The fraction of sp³-hybridized carbons (Fsp3) is 0.200. The van der Waals surface area contributed by atoms with E-state index in [0.29, 0.717) is 20.6 Å². The minimum atomic E-state index is -0.157. The van der Waals surface area contributed by atoms with E-state index in [1.54, 1.807) is 23.6 Å². The summed E-state index contributed by atoms with van der Waals surface area (Å²) < 4.78 is 0. The molecule has 0 radical (unpaired) electrons. The minimum absolute atomic E-state index is 0.0225. The number of nitriles is 1. The topological polar surface area (TPSA) is 69.5 Å². The molecule has 1 amide bonds. The van der Waals surface area contributed by atoms with Crippen LogP contribution in [-0.4, -0.2) is 12.5 Å². The van der Waals surface area contributed by atoms with Crippen LogP contribution in [0.4, 0.5) is 5.00 Å². The number of hydrogen-bond acceptors (Lipinski definition) is 3. The minimum Gasteiger partial charge on any atom is -0.332 e. The number of benzene rings is 1. The van der Waals surface area contributed by atoms with Gasteiger partial charge in [-0.15, -0.1) is 11.3 Å². The molecule has 0 aliphatic rings. The van der Waals surface area contributed by atoms with Crippen molar-refractivity contribution in [2.75, 3.05) is 11.9 Å². The number of carbonyl (C=O) groups excluding carboxylic acids is 1. The lowest BCUT2D eigenvalue weighted by molar-refractivity contribution is -0.682. The second-order valence-electron chi connectivity index (χ2n) is 4.72. The fourth-order valence-corrected chi connectivity index (χ4v) is 3.29. The predicted octanol–water partition coefficient (Wildman–Crippen LogP) is 3.19. The van der Waals surface area contributed by atoms with Crippen LogP contribution in [0.25, 0.3) is 0 Å². The Hall–Kier alpha value is -1.58. The van der Waals surface area contributed by atoms with Crippen LogP contribution in [0.2, 0.25) is 10.0 Å². The third-order valence-corrected chi connectivity index (χ3v) is 4.54. The first-order chi connectivity index (χ1) is 10.5. The number of nitrogens with two attached hydrogens (primary N) is 1. The van der Waals surface area contributed by atoms with E-state index >= 15 is 0 Å². The fourth-order valence-electron chi connectivity index (χ4n) is 1.95. The molecule has 0 spiro atoms. The summed E-state index contributed by atoms with van der Waals surface area (Å²) in [6.45, 7) is 2.21. The first-order valence-corrected chi connectivity index (χ1v) is 8.20. The van der Waals surface area contributed by atoms with E-state index in [9.17, 15) is 4.79 Å². The second-order valence-corrected chi connectivity index (χ2v) is 6.48. The van der Waals surface area contributed by atoms with Crippen molar-refractivity contribution in [2.45, 2.75) is 13.0 Å². The number of anilines is 1. The van der Waals surface area contributed by atoms with Crippen molar-refractivity contribution in [2.24, 2.45) is 0 Å². The summed E-state index contributed by atoms with van der Waals surface area (Å²) in [5.41, 5.74) is 1.40. The zero-order valence-corrected chi connectivity index (χ0v) is 14.1. The quantitative estimate of drug-likeness (QED) is 0.865. The van der Waals surface area contributed by atoms with Gasteiger partial charge in [0.1, 0.15) is 17.1 Å². The molecular weight excluding hydrogens is 341 g/mol. The van der Waals surface area contributed by atoms with Gasteiger partial charge in [0, 0.05) is 10.6 Å². The molecule has 2 rings (SSSR count). The van der Waals surface area contributed by atoms with Crippen LogP contribution in [0.3, 0.4) is 0 Å². The molecule has 1 aromatic heterocycles. The largest absolute Gasteiger partial charge is 0.332 e. The number of halogens is 2. The van der Waals surface area contributed by atoms with E-state index in [1.165, 1.54) is 11.3 Å². The first-order valence-electron chi connectivity index (χ1n) is 6.57. The molecule has 0 fully saturated rings. The molecule has 0 aliphatic heterocycles. The Morgan fingerprint density at radius 1 is 1.45 bits per heavy atom. The van der Waals surface area contributed by atoms with Gasteiger partial charge in [-0.25, -0.2) is 0 Å². The highest BCUT2D eigenvalue weighted by molar-refractivity contribution is 7.14. The Bertz CT molecular complexity index is 724. The van der Waals surface area contributed by atoms with Crippen LogP contribution in [0.1, 0.15) is 24.1 Å². The van der Waals surface area contributed by atoms with Crippen molar-refractivity contribution >= 4 is 45.4 Å². The van der Waals surface area contributed by atoms with Gasteiger partial charge in [0.15, 0.2) is 6.54 Å². The zero-order valence-electron chi connectivity index (χ0n) is 11.8. The molecule has 2 aromatic rings. The summed E-state index contributed by atoms with van der Waals surface area (Å²) >= 11 is 13.4. The van der Waals surface area contributed by atoms with Crippen molar-refractivity contribution in [3.8, 4) is 6.07 Å². The highest BCUT2D eigenvalue weighted by Crippen LogP contribution is 2.24. The average molecular weight is 355 g/mol. The lowest BCUT2D eigenvalue weighted by Gasteiger charge is -2.12. The number of amides is 1. The van der Waals surface area contributed by atoms with Crippen molar-refractivity contribution < 1.29 is 10.1 Å². The zero-order chi connectivity index (χ0) is 16.1. The van der Waals surface area contributed by atoms with Gasteiger partial charge < -0.3 is 10.6 Å². The summed E-state index contributed by atoms with van der Waals surface area (Å²) in [4.78, 5) is 12.0. The van der Waals surface area contributed by atoms with Crippen LogP contribution in [-0.2, 0) is 4.79 Å². The van der Waals surface area contributed by atoms with Crippen LogP contribution in [0, 0.1) is 11.3 Å². The third-order valence-electron chi connectivity index (χ3n) is 3.15. The van der Waals surface area contributed by atoms with Crippen molar-refractivity contribution in [1.82, 2.24) is 0 Å². The predicted molar refractivity (Wildman–Crippen MR) is 89.3 cm³/mol. The monoisotopic (exact) mass is 354 g/mol. The average Bonchev–Trinajstić information content (AvgIpc) is 2.92. The normalized spacial score (nSPS) is 11.7. The second kappa shape index (κ2) is 7.61. The molecule has 4 nitrogen and oxygen atoms in total. The molecule has 0 aliphatic carbocycles. The maximum Gasteiger partial charge on any atom is 0.280 e. The first kappa shape index (κ1) is 16.8. The Morgan fingerprint density at radius 2 is 2.23 bits per heavy atom. The highest BCUT2D eigenvalue weighted by atomic mass is 35.5. The maximum atomic E-state index is 12.0. The van der Waals surface area contributed by atoms with Gasteiger partial charge in [-0.05, 0) is 30.5 Å². The lowest BCUT2D eigenvalue weighted by Crippen LogP contribution is -2.86. The molecule has 0 saturated heterocycles. The number of thiophene rings is 1. The molecule has 0 bridgehead atoms. The van der Waals surface area contributed by atoms with Crippen molar-refractivity contribution in [1.29, 1.82) is 5.26 Å². The summed E-state index contributed by atoms with van der Waals surface area (Å²) in [5, 5.41) is 17.1. The van der Waals surface area contributed by atoms with Gasteiger partial charge in [-0.3, -0.25) is 4.79 Å². The van der Waals surface area contributed by atoms with E-state index in [0.717, 1.165) is 5.56 Å². The Kier molecular flexibility index (Phi) is 5.81. The molecule has 0 saturated carbocycles. The van der Waals surface area contributed by atoms with Gasteiger partial charge in [0.2, 0.25) is 0 Å². The van der Waals surface area contributed by atoms with Crippen molar-refractivity contribution in [3.05, 3.63) is 50.8 Å². The number of nitrogens with one attached hydrogen (secondary N) is 1. The van der Waals surface area contributed by atoms with Crippen LogP contribution >= 0.6 is 34.5 Å². The van der Waals surface area contributed by atoms with E-state index in [2.05, 4.69) is 5.32 Å². The van der Waals surface area contributed by atoms with Crippen molar-refractivity contribution in [3.63, 3.8) is 0 Å². The summed E-state index contributed by atoms with van der Waals surface area (Å²) in [5.74, 6) is -0.157. The third kappa shape index (κ3) is 4.21. The molecule has 1 atom stereocenters. The molecule has 114 valence electrons. The summed E-state index contributed by atoms with van der Waals surface area (Å²) in [6, 6.07) is 9.07. The number of quaternary nitrogens is 1. The molecule has 22 heavy (non-hydrogen) atoms. The molecule has 3 N–H and O–H groups in total. The van der Waals surface area contributed by atoms with E-state index in [4.69, 9.17) is 28.5 Å². The van der Waals surface area contributed by atoms with Gasteiger partial charge in [-0.2, -0.15) is 5.26 Å². The maximum absolute atomic E-state index is 12.0. The standard InChI is InChI=1S/C15H13Cl2N3OS/c1-9(12-3-2-11(16)6-13(12)17)19-8-14(21)20-15-10(7-18)4-5-22-15/h2-6,9,19H,8H2,1H3,(H,20,21)/p+1/t9-/m1/s1. The molecule has 7 heteroatoms. The number of nitrogens with zero attached hydrogens (tertiary/aromatic N) is 1. The van der Waals surface area contributed by atoms with E-state index in [1.807, 2.05) is 24.4 Å². The number of carbonyl (C=O) groups is 1. The number of hydrogen-bond donors (Lipinski definition) is 2. The molecular formula is C15H14Cl2N3OS+. The van der Waals surface area contributed by atoms with Crippen LogP contribution < -0.4 is 10.6 Å². The van der Waals surface area contributed by atoms with Gasteiger partial charge in [0.05, 0.1) is 10.6 Å². The Labute approximate surface area is 142 Å². The van der Waals surface area contributed by atoms with Gasteiger partial charge in [0.25, 0.3) is 5.91 Å². The summed E-state index contributed by atoms with van der Waals surface area (Å²) in [7, 11) is 0.